The number of rotatable bonds is 3. The van der Waals surface area contributed by atoms with Gasteiger partial charge >= 0.3 is 0 Å². The largest absolute Gasteiger partial charge is 0.388 e. The third-order valence-corrected chi connectivity index (χ3v) is 3.90. The Morgan fingerprint density at radius 3 is 3.05 bits per heavy atom. The molecule has 1 unspecified atom stereocenters. The smallest absolute Gasteiger partial charge is 0.126 e. The Labute approximate surface area is 114 Å². The van der Waals surface area contributed by atoms with Gasteiger partial charge in [0.1, 0.15) is 5.82 Å². The van der Waals surface area contributed by atoms with Gasteiger partial charge in [0.05, 0.1) is 16.3 Å². The molecule has 96 valence electrons. The van der Waals surface area contributed by atoms with Crippen molar-refractivity contribution >= 4 is 27.4 Å². The summed E-state index contributed by atoms with van der Waals surface area (Å²) in [5, 5.41) is 12.3. The van der Waals surface area contributed by atoms with Crippen molar-refractivity contribution in [2.24, 2.45) is 0 Å². The summed E-state index contributed by atoms with van der Waals surface area (Å²) >= 11 is 1.62. The monoisotopic (exact) mass is 271 g/mol. The van der Waals surface area contributed by atoms with Gasteiger partial charge in [-0.1, -0.05) is 6.07 Å². The van der Waals surface area contributed by atoms with E-state index in [-0.39, 0.29) is 0 Å². The summed E-state index contributed by atoms with van der Waals surface area (Å²) in [6.07, 6.45) is 3.18. The van der Waals surface area contributed by atoms with Crippen LogP contribution in [0.4, 0.5) is 5.82 Å². The first-order valence-corrected chi connectivity index (χ1v) is 6.82. The van der Waals surface area contributed by atoms with Gasteiger partial charge in [0.2, 0.25) is 0 Å². The third kappa shape index (κ3) is 2.43. The highest BCUT2D eigenvalue weighted by atomic mass is 32.1. The quantitative estimate of drug-likeness (QED) is 0.768. The van der Waals surface area contributed by atoms with Crippen molar-refractivity contribution in [1.29, 1.82) is 0 Å². The van der Waals surface area contributed by atoms with Gasteiger partial charge in [0.15, 0.2) is 0 Å². The molecule has 0 saturated heterocycles. The first kappa shape index (κ1) is 12.1. The van der Waals surface area contributed by atoms with Crippen LogP contribution in [-0.4, -0.2) is 15.1 Å². The minimum atomic E-state index is -0.620. The van der Waals surface area contributed by atoms with Gasteiger partial charge in [0.25, 0.3) is 0 Å². The molecule has 3 N–H and O–H groups in total. The highest BCUT2D eigenvalue weighted by Gasteiger charge is 2.12. The van der Waals surface area contributed by atoms with Crippen LogP contribution in [0.2, 0.25) is 0 Å². The van der Waals surface area contributed by atoms with Crippen LogP contribution in [0.15, 0.2) is 42.0 Å². The summed E-state index contributed by atoms with van der Waals surface area (Å²) in [5.74, 6) is 0.465. The fourth-order valence-corrected chi connectivity index (χ4v) is 2.78. The molecule has 0 aliphatic heterocycles. The van der Waals surface area contributed by atoms with Crippen LogP contribution in [0.1, 0.15) is 17.2 Å². The van der Waals surface area contributed by atoms with E-state index in [4.69, 9.17) is 5.73 Å². The lowest BCUT2D eigenvalue weighted by Crippen LogP contribution is -2.05. The number of nitrogens with zero attached hydrogens (tertiary/aromatic N) is 2. The molecule has 19 heavy (non-hydrogen) atoms. The van der Waals surface area contributed by atoms with Gasteiger partial charge in [-0.2, -0.15) is 0 Å². The highest BCUT2D eigenvalue weighted by molar-refractivity contribution is 7.17. The van der Waals surface area contributed by atoms with E-state index < -0.39 is 6.10 Å². The van der Waals surface area contributed by atoms with Crippen LogP contribution in [0.3, 0.4) is 0 Å². The van der Waals surface area contributed by atoms with E-state index in [1.165, 1.54) is 0 Å². The van der Waals surface area contributed by atoms with E-state index in [1.807, 2.05) is 29.6 Å². The minimum Gasteiger partial charge on any atom is -0.388 e. The predicted octanol–water partition coefficient (Wildman–Crippen LogP) is 2.55. The fraction of sp³-hybridized carbons (Fsp3) is 0.143. The zero-order chi connectivity index (χ0) is 13.2. The molecule has 0 aliphatic carbocycles. The summed E-state index contributed by atoms with van der Waals surface area (Å²) in [4.78, 5) is 8.35. The van der Waals surface area contributed by atoms with E-state index in [0.29, 0.717) is 12.2 Å². The molecular formula is C14H13N3OS. The molecule has 3 heterocycles. The van der Waals surface area contributed by atoms with Crippen molar-refractivity contribution in [3.8, 4) is 0 Å². The van der Waals surface area contributed by atoms with Gasteiger partial charge < -0.3 is 10.8 Å². The Morgan fingerprint density at radius 2 is 2.21 bits per heavy atom. The van der Waals surface area contributed by atoms with Crippen molar-refractivity contribution < 1.29 is 5.11 Å². The van der Waals surface area contributed by atoms with Crippen molar-refractivity contribution in [3.05, 3.63) is 53.2 Å². The van der Waals surface area contributed by atoms with E-state index in [9.17, 15) is 5.11 Å². The molecule has 0 radical (unpaired) electrons. The van der Waals surface area contributed by atoms with Crippen LogP contribution in [0.25, 0.3) is 10.2 Å². The van der Waals surface area contributed by atoms with Crippen molar-refractivity contribution in [2.75, 3.05) is 5.73 Å². The number of anilines is 1. The first-order chi connectivity index (χ1) is 9.24. The fourth-order valence-electron chi connectivity index (χ4n) is 1.99. The Balaban J connectivity index is 1.87. The van der Waals surface area contributed by atoms with Gasteiger partial charge in [-0.25, -0.2) is 4.98 Å². The van der Waals surface area contributed by atoms with Crippen molar-refractivity contribution in [2.45, 2.75) is 12.5 Å². The van der Waals surface area contributed by atoms with Gasteiger partial charge in [-0.3, -0.25) is 4.98 Å². The van der Waals surface area contributed by atoms with Crippen LogP contribution >= 0.6 is 11.3 Å². The highest BCUT2D eigenvalue weighted by Crippen LogP contribution is 2.25. The standard InChI is InChI=1S/C14H13N3OS/c15-14-9(2-1-4-16-14)6-12(18)10-7-13-11(17-8-10)3-5-19-13/h1-5,7-8,12,18H,6H2,(H2,15,16). The van der Waals surface area contributed by atoms with E-state index >= 15 is 0 Å². The second kappa shape index (κ2) is 4.95. The zero-order valence-electron chi connectivity index (χ0n) is 10.2. The van der Waals surface area contributed by atoms with Crippen LogP contribution in [-0.2, 0) is 6.42 Å². The summed E-state index contributed by atoms with van der Waals surface area (Å²) in [5.41, 5.74) is 8.40. The second-order valence-corrected chi connectivity index (χ2v) is 5.29. The molecule has 3 aromatic heterocycles. The molecule has 4 nitrogen and oxygen atoms in total. The Hall–Kier alpha value is -1.98. The molecule has 0 aromatic carbocycles. The van der Waals surface area contributed by atoms with Gasteiger partial charge in [-0.05, 0) is 29.1 Å². The Morgan fingerprint density at radius 1 is 1.32 bits per heavy atom. The number of nitrogens with two attached hydrogens (primary N) is 1. The van der Waals surface area contributed by atoms with Crippen LogP contribution < -0.4 is 5.73 Å². The number of thiophene rings is 1. The lowest BCUT2D eigenvalue weighted by atomic mass is 10.0. The summed E-state index contributed by atoms with van der Waals surface area (Å²) in [7, 11) is 0. The number of fused-ring (bicyclic) bond motifs is 1. The van der Waals surface area contributed by atoms with E-state index in [0.717, 1.165) is 21.3 Å². The van der Waals surface area contributed by atoms with Gasteiger partial charge in [-0.15, -0.1) is 11.3 Å². The maximum absolute atomic E-state index is 10.3. The zero-order valence-corrected chi connectivity index (χ0v) is 11.0. The molecule has 5 heteroatoms. The van der Waals surface area contributed by atoms with E-state index in [2.05, 4.69) is 9.97 Å². The third-order valence-electron chi connectivity index (χ3n) is 3.05. The topological polar surface area (TPSA) is 72.0 Å². The van der Waals surface area contributed by atoms with Crippen LogP contribution in [0.5, 0.6) is 0 Å². The summed E-state index contributed by atoms with van der Waals surface area (Å²) < 4.78 is 1.08. The first-order valence-electron chi connectivity index (χ1n) is 5.94. The number of pyridine rings is 2. The lowest BCUT2D eigenvalue weighted by molar-refractivity contribution is 0.178. The molecule has 0 fully saturated rings. The Bertz CT molecular complexity index is 710. The van der Waals surface area contributed by atoms with Crippen molar-refractivity contribution in [1.82, 2.24) is 9.97 Å². The summed E-state index contributed by atoms with van der Waals surface area (Å²) in [6, 6.07) is 7.64. The molecule has 0 aliphatic rings. The van der Waals surface area contributed by atoms with Gasteiger partial charge in [0, 0.05) is 24.4 Å². The second-order valence-electron chi connectivity index (χ2n) is 4.34. The SMILES string of the molecule is Nc1ncccc1CC(O)c1cnc2ccsc2c1. The number of hydrogen-bond acceptors (Lipinski definition) is 5. The van der Waals surface area contributed by atoms with E-state index in [1.54, 1.807) is 23.7 Å². The summed E-state index contributed by atoms with van der Waals surface area (Å²) in [6.45, 7) is 0. The average molecular weight is 271 g/mol. The molecule has 0 spiro atoms. The number of hydrogen-bond donors (Lipinski definition) is 2. The maximum atomic E-state index is 10.3. The number of aromatic nitrogens is 2. The Kier molecular flexibility index (Phi) is 3.15. The molecule has 1 atom stereocenters. The van der Waals surface area contributed by atoms with Crippen LogP contribution in [0, 0.1) is 0 Å². The number of nitrogen functional groups attached to an aromatic ring is 1. The minimum absolute atomic E-state index is 0.443. The molecule has 3 aromatic rings. The molecule has 3 rings (SSSR count). The normalized spacial score (nSPS) is 12.7. The maximum Gasteiger partial charge on any atom is 0.126 e. The molecule has 0 bridgehead atoms. The predicted molar refractivity (Wildman–Crippen MR) is 76.9 cm³/mol. The number of aliphatic hydroxyl groups excluding tert-OH is 1. The molecule has 0 amide bonds. The molecule has 0 saturated carbocycles. The average Bonchev–Trinajstić information content (AvgIpc) is 2.88. The lowest BCUT2D eigenvalue weighted by Gasteiger charge is -2.11. The number of aliphatic hydroxyl groups is 1. The molecular weight excluding hydrogens is 258 g/mol. The van der Waals surface area contributed by atoms with Crippen molar-refractivity contribution in [3.63, 3.8) is 0 Å².